The summed E-state index contributed by atoms with van der Waals surface area (Å²) < 4.78 is 25.0. The molecule has 0 saturated heterocycles. The van der Waals surface area contributed by atoms with Gasteiger partial charge < -0.3 is 15.1 Å². The average Bonchev–Trinajstić information content (AvgIpc) is 2.36. The van der Waals surface area contributed by atoms with Gasteiger partial charge in [0.05, 0.1) is 24.2 Å². The zero-order valence-corrected chi connectivity index (χ0v) is 10.9. The van der Waals surface area contributed by atoms with Gasteiger partial charge in [-0.15, -0.1) is 0 Å². The molecule has 1 rings (SSSR count). The standard InChI is InChI=1S/C12H16F2N2O4/c1-8(18)9-2-3-10(11(6-9)16(19)20)15(4-5-17)7-12(13)14/h2-3,6,8,12,17-18H,4-5,7H2,1H3/t8-/m0/s1. The van der Waals surface area contributed by atoms with Crippen LogP contribution in [0.5, 0.6) is 0 Å². The number of halogens is 2. The van der Waals surface area contributed by atoms with Crippen molar-refractivity contribution in [2.24, 2.45) is 0 Å². The zero-order chi connectivity index (χ0) is 15.3. The minimum absolute atomic E-state index is 0.00579. The van der Waals surface area contributed by atoms with Gasteiger partial charge in [-0.3, -0.25) is 10.1 Å². The molecule has 0 aliphatic carbocycles. The van der Waals surface area contributed by atoms with Gasteiger partial charge in [-0.2, -0.15) is 0 Å². The minimum Gasteiger partial charge on any atom is -0.395 e. The molecule has 6 nitrogen and oxygen atoms in total. The Bertz CT molecular complexity index is 469. The van der Waals surface area contributed by atoms with E-state index in [1.807, 2.05) is 0 Å². The SMILES string of the molecule is C[C@H](O)c1ccc(N(CCO)CC(F)F)c([N+](=O)[O-])c1. The molecule has 2 N–H and O–H groups in total. The molecule has 0 aromatic heterocycles. The van der Waals surface area contributed by atoms with E-state index in [0.717, 1.165) is 11.0 Å². The van der Waals surface area contributed by atoms with E-state index in [4.69, 9.17) is 5.11 Å². The van der Waals surface area contributed by atoms with Crippen LogP contribution in [0.1, 0.15) is 18.6 Å². The van der Waals surface area contributed by atoms with Crippen molar-refractivity contribution >= 4 is 11.4 Å². The molecule has 1 aromatic rings. The van der Waals surface area contributed by atoms with Crippen molar-refractivity contribution in [3.05, 3.63) is 33.9 Å². The summed E-state index contributed by atoms with van der Waals surface area (Å²) in [5.41, 5.74) is -0.0623. The Labute approximate surface area is 114 Å². The highest BCUT2D eigenvalue weighted by atomic mass is 19.3. The molecule has 0 fully saturated rings. The van der Waals surface area contributed by atoms with Crippen LogP contribution in [-0.2, 0) is 0 Å². The van der Waals surface area contributed by atoms with Crippen LogP contribution in [0.4, 0.5) is 20.2 Å². The molecule has 0 heterocycles. The number of benzene rings is 1. The maximum absolute atomic E-state index is 12.5. The number of alkyl halides is 2. The number of aliphatic hydroxyl groups excluding tert-OH is 2. The normalized spacial score (nSPS) is 12.5. The molecule has 1 aromatic carbocycles. The molecule has 1 atom stereocenters. The topological polar surface area (TPSA) is 86.8 Å². The lowest BCUT2D eigenvalue weighted by Crippen LogP contribution is -2.32. The van der Waals surface area contributed by atoms with Crippen molar-refractivity contribution < 1.29 is 23.9 Å². The van der Waals surface area contributed by atoms with E-state index in [1.165, 1.54) is 19.1 Å². The van der Waals surface area contributed by atoms with Crippen LogP contribution in [0.2, 0.25) is 0 Å². The van der Waals surface area contributed by atoms with Crippen molar-refractivity contribution in [1.82, 2.24) is 0 Å². The Balaban J connectivity index is 3.22. The second kappa shape index (κ2) is 7.11. The number of nitro benzene ring substituents is 1. The molecule has 0 unspecified atom stereocenters. The van der Waals surface area contributed by atoms with Gasteiger partial charge in [-0.05, 0) is 18.6 Å². The number of hydrogen-bond donors (Lipinski definition) is 2. The summed E-state index contributed by atoms with van der Waals surface area (Å²) in [6, 6.07) is 3.89. The quantitative estimate of drug-likeness (QED) is 0.589. The molecule has 0 bridgehead atoms. The number of hydrogen-bond acceptors (Lipinski definition) is 5. The highest BCUT2D eigenvalue weighted by Gasteiger charge is 2.23. The first kappa shape index (κ1) is 16.3. The Morgan fingerprint density at radius 2 is 2.10 bits per heavy atom. The molecular formula is C12H16F2N2O4. The summed E-state index contributed by atoms with van der Waals surface area (Å²) in [4.78, 5) is 11.4. The first-order valence-corrected chi connectivity index (χ1v) is 5.97. The summed E-state index contributed by atoms with van der Waals surface area (Å²) in [5.74, 6) is 0. The Kier molecular flexibility index (Phi) is 5.78. The van der Waals surface area contributed by atoms with Crippen LogP contribution in [-0.4, -0.2) is 41.3 Å². The van der Waals surface area contributed by atoms with E-state index in [0.29, 0.717) is 5.56 Å². The van der Waals surface area contributed by atoms with E-state index >= 15 is 0 Å². The predicted molar refractivity (Wildman–Crippen MR) is 69.0 cm³/mol. The van der Waals surface area contributed by atoms with E-state index < -0.39 is 30.6 Å². The largest absolute Gasteiger partial charge is 0.395 e. The zero-order valence-electron chi connectivity index (χ0n) is 10.9. The smallest absolute Gasteiger partial charge is 0.292 e. The number of rotatable bonds is 7. The molecule has 0 spiro atoms. The highest BCUT2D eigenvalue weighted by Crippen LogP contribution is 2.31. The third-order valence-corrected chi connectivity index (χ3v) is 2.75. The highest BCUT2D eigenvalue weighted by molar-refractivity contribution is 5.64. The number of aliphatic hydroxyl groups is 2. The molecule has 8 heteroatoms. The van der Waals surface area contributed by atoms with Crippen molar-refractivity contribution in [3.63, 3.8) is 0 Å². The number of anilines is 1. The van der Waals surface area contributed by atoms with E-state index in [1.54, 1.807) is 0 Å². The summed E-state index contributed by atoms with van der Waals surface area (Å²) in [6.07, 6.45) is -3.58. The fraction of sp³-hybridized carbons (Fsp3) is 0.500. The van der Waals surface area contributed by atoms with Crippen LogP contribution >= 0.6 is 0 Å². The fourth-order valence-corrected chi connectivity index (χ4v) is 1.81. The third-order valence-electron chi connectivity index (χ3n) is 2.75. The van der Waals surface area contributed by atoms with Gasteiger partial charge in [-0.1, -0.05) is 6.07 Å². The van der Waals surface area contributed by atoms with Gasteiger partial charge >= 0.3 is 0 Å². The van der Waals surface area contributed by atoms with Crippen LogP contribution in [0.15, 0.2) is 18.2 Å². The van der Waals surface area contributed by atoms with Gasteiger partial charge in [0.2, 0.25) is 0 Å². The Hall–Kier alpha value is -1.80. The average molecular weight is 290 g/mol. The van der Waals surface area contributed by atoms with Gasteiger partial charge in [0, 0.05) is 12.6 Å². The monoisotopic (exact) mass is 290 g/mol. The second-order valence-corrected chi connectivity index (χ2v) is 4.24. The van der Waals surface area contributed by atoms with Crippen LogP contribution < -0.4 is 4.90 Å². The van der Waals surface area contributed by atoms with Crippen molar-refractivity contribution in [2.45, 2.75) is 19.5 Å². The first-order chi connectivity index (χ1) is 9.36. The van der Waals surface area contributed by atoms with E-state index in [2.05, 4.69) is 0 Å². The number of nitro groups is 1. The summed E-state index contributed by atoms with van der Waals surface area (Å²) in [6.45, 7) is 0.194. The van der Waals surface area contributed by atoms with Crippen molar-refractivity contribution in [2.75, 3.05) is 24.6 Å². The van der Waals surface area contributed by atoms with Crippen molar-refractivity contribution in [3.8, 4) is 0 Å². The van der Waals surface area contributed by atoms with Gasteiger partial charge in [0.1, 0.15) is 5.69 Å². The first-order valence-electron chi connectivity index (χ1n) is 5.97. The molecule has 20 heavy (non-hydrogen) atoms. The van der Waals surface area contributed by atoms with Gasteiger partial charge in [0.15, 0.2) is 0 Å². The lowest BCUT2D eigenvalue weighted by molar-refractivity contribution is -0.384. The lowest BCUT2D eigenvalue weighted by Gasteiger charge is -2.23. The molecule has 112 valence electrons. The summed E-state index contributed by atoms with van der Waals surface area (Å²) in [7, 11) is 0. The minimum atomic E-state index is -2.68. The van der Waals surface area contributed by atoms with E-state index in [-0.39, 0.29) is 17.9 Å². The maximum Gasteiger partial charge on any atom is 0.292 e. The molecule has 0 aliphatic heterocycles. The second-order valence-electron chi connectivity index (χ2n) is 4.24. The van der Waals surface area contributed by atoms with Gasteiger partial charge in [0.25, 0.3) is 12.1 Å². The number of nitrogens with zero attached hydrogens (tertiary/aromatic N) is 2. The van der Waals surface area contributed by atoms with Gasteiger partial charge in [-0.25, -0.2) is 8.78 Å². The van der Waals surface area contributed by atoms with E-state index in [9.17, 15) is 24.0 Å². The summed E-state index contributed by atoms with van der Waals surface area (Å²) in [5, 5.41) is 29.3. The third kappa shape index (κ3) is 4.10. The Morgan fingerprint density at radius 3 is 2.55 bits per heavy atom. The molecule has 0 aliphatic rings. The summed E-state index contributed by atoms with van der Waals surface area (Å²) >= 11 is 0. The van der Waals surface area contributed by atoms with Crippen LogP contribution in [0, 0.1) is 10.1 Å². The fourth-order valence-electron chi connectivity index (χ4n) is 1.81. The molecule has 0 saturated carbocycles. The van der Waals surface area contributed by atoms with Crippen molar-refractivity contribution in [1.29, 1.82) is 0 Å². The molecule has 0 radical (unpaired) electrons. The lowest BCUT2D eigenvalue weighted by atomic mass is 10.1. The molecular weight excluding hydrogens is 274 g/mol. The predicted octanol–water partition coefficient (Wildman–Crippen LogP) is 1.71. The van der Waals surface area contributed by atoms with Crippen LogP contribution in [0.3, 0.4) is 0 Å². The Morgan fingerprint density at radius 1 is 1.45 bits per heavy atom. The molecule has 0 amide bonds. The van der Waals surface area contributed by atoms with Crippen LogP contribution in [0.25, 0.3) is 0 Å². The maximum atomic E-state index is 12.5.